The van der Waals surface area contributed by atoms with Gasteiger partial charge in [0.2, 0.25) is 0 Å². The zero-order chi connectivity index (χ0) is 14.7. The monoisotopic (exact) mass is 376 g/mol. The van der Waals surface area contributed by atoms with E-state index in [0.717, 1.165) is 26.9 Å². The van der Waals surface area contributed by atoms with Gasteiger partial charge in [0.25, 0.3) is 0 Å². The van der Waals surface area contributed by atoms with Gasteiger partial charge in [-0.15, -0.1) is 11.6 Å². The largest absolute Gasteiger partial charge is 0.488 e. The molecule has 0 radical (unpaired) electrons. The van der Waals surface area contributed by atoms with E-state index in [1.54, 1.807) is 6.07 Å². The van der Waals surface area contributed by atoms with Gasteiger partial charge in [-0.25, -0.2) is 4.39 Å². The number of aryl methyl sites for hydroxylation is 1. The van der Waals surface area contributed by atoms with Crippen LogP contribution in [-0.4, -0.2) is 0 Å². The fourth-order valence-corrected chi connectivity index (χ4v) is 2.93. The molecule has 0 aromatic heterocycles. The van der Waals surface area contributed by atoms with E-state index in [0.29, 0.717) is 10.9 Å². The van der Waals surface area contributed by atoms with E-state index in [2.05, 4.69) is 15.9 Å². The number of halogens is 4. The zero-order valence-corrected chi connectivity index (χ0v) is 13.8. The molecule has 0 aliphatic carbocycles. The summed E-state index contributed by atoms with van der Waals surface area (Å²) in [5.74, 6) is 0.732. The first kappa shape index (κ1) is 15.6. The minimum absolute atomic E-state index is 0.269. The molecule has 5 heteroatoms. The average Bonchev–Trinajstić information content (AvgIpc) is 2.38. The van der Waals surface area contributed by atoms with Crippen molar-refractivity contribution in [2.75, 3.05) is 0 Å². The Hall–Kier alpha value is -0.770. The van der Waals surface area contributed by atoms with Crippen LogP contribution in [0.1, 0.15) is 16.7 Å². The van der Waals surface area contributed by atoms with Gasteiger partial charge in [-0.3, -0.25) is 0 Å². The van der Waals surface area contributed by atoms with Gasteiger partial charge in [-0.05, 0) is 36.8 Å². The molecule has 106 valence electrons. The first-order valence-corrected chi connectivity index (χ1v) is 7.63. The Balaban J connectivity index is 2.22. The van der Waals surface area contributed by atoms with E-state index in [-0.39, 0.29) is 12.4 Å². The lowest BCUT2D eigenvalue weighted by atomic mass is 10.1. The van der Waals surface area contributed by atoms with E-state index in [4.69, 9.17) is 27.9 Å². The second kappa shape index (κ2) is 6.79. The summed E-state index contributed by atoms with van der Waals surface area (Å²) >= 11 is 15.3. The number of ether oxygens (including phenoxy) is 1. The number of rotatable bonds is 4. The standard InChI is InChI=1S/C15H12BrCl2FO/c1-9-4-12(16)5-11(7-17)15(9)20-8-10-2-3-13(19)6-14(10)18/h2-6H,7-8H2,1H3. The predicted octanol–water partition coefficient (Wildman–Crippen LogP) is 5.87. The lowest BCUT2D eigenvalue weighted by Crippen LogP contribution is -2.01. The smallest absolute Gasteiger partial charge is 0.127 e. The third kappa shape index (κ3) is 3.66. The van der Waals surface area contributed by atoms with Crippen LogP contribution in [0.25, 0.3) is 0 Å². The molecule has 2 rings (SSSR count). The van der Waals surface area contributed by atoms with E-state index < -0.39 is 0 Å². The third-order valence-corrected chi connectivity index (χ3v) is 3.95. The zero-order valence-electron chi connectivity index (χ0n) is 10.7. The Morgan fingerprint density at radius 1 is 1.20 bits per heavy atom. The summed E-state index contributed by atoms with van der Waals surface area (Å²) in [4.78, 5) is 0. The summed E-state index contributed by atoms with van der Waals surface area (Å²) in [6.07, 6.45) is 0. The predicted molar refractivity (Wildman–Crippen MR) is 84.2 cm³/mol. The van der Waals surface area contributed by atoms with Crippen LogP contribution in [0.2, 0.25) is 5.02 Å². The molecule has 0 aliphatic rings. The molecule has 0 heterocycles. The Kier molecular flexibility index (Phi) is 5.30. The van der Waals surface area contributed by atoms with Crippen molar-refractivity contribution >= 4 is 39.1 Å². The van der Waals surface area contributed by atoms with Gasteiger partial charge < -0.3 is 4.74 Å². The quantitative estimate of drug-likeness (QED) is 0.605. The van der Waals surface area contributed by atoms with Crippen molar-refractivity contribution in [3.63, 3.8) is 0 Å². The van der Waals surface area contributed by atoms with Crippen LogP contribution in [-0.2, 0) is 12.5 Å². The Labute approximate surface area is 135 Å². The molecule has 1 nitrogen and oxygen atoms in total. The highest BCUT2D eigenvalue weighted by Gasteiger charge is 2.10. The molecular weight excluding hydrogens is 366 g/mol. The first-order valence-electron chi connectivity index (χ1n) is 5.93. The summed E-state index contributed by atoms with van der Waals surface area (Å²) in [6.45, 7) is 2.22. The van der Waals surface area contributed by atoms with E-state index in [1.165, 1.54) is 12.1 Å². The van der Waals surface area contributed by atoms with Gasteiger partial charge >= 0.3 is 0 Å². The van der Waals surface area contributed by atoms with Crippen molar-refractivity contribution in [3.05, 3.63) is 62.3 Å². The summed E-state index contributed by atoms with van der Waals surface area (Å²) in [7, 11) is 0. The van der Waals surface area contributed by atoms with Crippen molar-refractivity contribution in [1.29, 1.82) is 0 Å². The minimum Gasteiger partial charge on any atom is -0.488 e. The number of benzene rings is 2. The molecule has 2 aromatic rings. The first-order chi connectivity index (χ1) is 9.51. The van der Waals surface area contributed by atoms with Crippen molar-refractivity contribution in [2.24, 2.45) is 0 Å². The van der Waals surface area contributed by atoms with Gasteiger partial charge in [-0.1, -0.05) is 33.6 Å². The molecule has 0 unspecified atom stereocenters. The van der Waals surface area contributed by atoms with Gasteiger partial charge in [-0.2, -0.15) is 0 Å². The molecule has 0 saturated carbocycles. The number of hydrogen-bond acceptors (Lipinski definition) is 1. The third-order valence-electron chi connectivity index (χ3n) is 2.85. The Bertz CT molecular complexity index is 632. The van der Waals surface area contributed by atoms with Gasteiger partial charge in [0.1, 0.15) is 18.2 Å². The van der Waals surface area contributed by atoms with Crippen LogP contribution in [0.5, 0.6) is 5.75 Å². The lowest BCUT2D eigenvalue weighted by Gasteiger charge is -2.14. The maximum absolute atomic E-state index is 13.0. The van der Waals surface area contributed by atoms with Crippen LogP contribution in [0.15, 0.2) is 34.8 Å². The van der Waals surface area contributed by atoms with Crippen LogP contribution in [0.3, 0.4) is 0 Å². The van der Waals surface area contributed by atoms with Crippen molar-refractivity contribution in [1.82, 2.24) is 0 Å². The molecule has 0 aliphatic heterocycles. The highest BCUT2D eigenvalue weighted by Crippen LogP contribution is 2.30. The average molecular weight is 378 g/mol. The molecule has 20 heavy (non-hydrogen) atoms. The fraction of sp³-hybridized carbons (Fsp3) is 0.200. The van der Waals surface area contributed by atoms with E-state index in [1.807, 2.05) is 19.1 Å². The molecule has 0 spiro atoms. The molecule has 0 saturated heterocycles. The maximum atomic E-state index is 13.0. The van der Waals surface area contributed by atoms with Gasteiger partial charge in [0.05, 0.1) is 10.9 Å². The summed E-state index contributed by atoms with van der Waals surface area (Å²) < 4.78 is 19.8. The SMILES string of the molecule is Cc1cc(Br)cc(CCl)c1OCc1ccc(F)cc1Cl. The molecule has 0 amide bonds. The fourth-order valence-electron chi connectivity index (χ4n) is 1.89. The minimum atomic E-state index is -0.361. The highest BCUT2D eigenvalue weighted by molar-refractivity contribution is 9.10. The highest BCUT2D eigenvalue weighted by atomic mass is 79.9. The van der Waals surface area contributed by atoms with Gasteiger partial charge in [0, 0.05) is 15.6 Å². The molecule has 2 aromatic carbocycles. The van der Waals surface area contributed by atoms with E-state index >= 15 is 0 Å². The molecular formula is C15H12BrCl2FO. The molecule has 0 N–H and O–H groups in total. The molecule has 0 fully saturated rings. The second-order valence-corrected chi connectivity index (χ2v) is 5.96. The summed E-state index contributed by atoms with van der Waals surface area (Å²) in [5, 5.41) is 0.354. The second-order valence-electron chi connectivity index (χ2n) is 4.37. The van der Waals surface area contributed by atoms with Crippen LogP contribution >= 0.6 is 39.1 Å². The van der Waals surface area contributed by atoms with Crippen molar-refractivity contribution < 1.29 is 9.13 Å². The van der Waals surface area contributed by atoms with Gasteiger partial charge in [0.15, 0.2) is 0 Å². The molecule has 0 bridgehead atoms. The summed E-state index contributed by atoms with van der Waals surface area (Å²) in [6, 6.07) is 8.13. The van der Waals surface area contributed by atoms with Crippen molar-refractivity contribution in [3.8, 4) is 5.75 Å². The number of alkyl halides is 1. The Morgan fingerprint density at radius 2 is 1.95 bits per heavy atom. The van der Waals surface area contributed by atoms with E-state index in [9.17, 15) is 4.39 Å². The summed E-state index contributed by atoms with van der Waals surface area (Å²) in [5.41, 5.74) is 2.61. The topological polar surface area (TPSA) is 9.23 Å². The lowest BCUT2D eigenvalue weighted by molar-refractivity contribution is 0.301. The Morgan fingerprint density at radius 3 is 2.60 bits per heavy atom. The normalized spacial score (nSPS) is 10.7. The molecule has 0 atom stereocenters. The van der Waals surface area contributed by atoms with Crippen LogP contribution < -0.4 is 4.74 Å². The van der Waals surface area contributed by atoms with Crippen LogP contribution in [0.4, 0.5) is 4.39 Å². The number of hydrogen-bond donors (Lipinski definition) is 0. The van der Waals surface area contributed by atoms with Crippen LogP contribution in [0, 0.1) is 12.7 Å². The van der Waals surface area contributed by atoms with Crippen molar-refractivity contribution in [2.45, 2.75) is 19.4 Å². The maximum Gasteiger partial charge on any atom is 0.127 e.